The second-order valence-corrected chi connectivity index (χ2v) is 10.0. The average Bonchev–Trinajstić information content (AvgIpc) is 2.85. The topological polar surface area (TPSA) is 114 Å². The molecule has 3 heterocycles. The maximum absolute atomic E-state index is 14.9. The fraction of sp³-hybridized carbons (Fsp3) is 0.600. The van der Waals surface area contributed by atoms with Crippen molar-refractivity contribution in [1.82, 2.24) is 15.5 Å². The Morgan fingerprint density at radius 3 is 2.70 bits per heavy atom. The van der Waals surface area contributed by atoms with E-state index in [0.717, 1.165) is 29.5 Å². The van der Waals surface area contributed by atoms with Crippen molar-refractivity contribution in [1.29, 1.82) is 5.26 Å². The van der Waals surface area contributed by atoms with E-state index >= 15 is 0 Å². The molecule has 4 fully saturated rings. The molecule has 8 nitrogen and oxygen atoms in total. The lowest BCUT2D eigenvalue weighted by Crippen LogP contribution is -2.70. The first-order chi connectivity index (χ1) is 17.5. The number of amides is 3. The van der Waals surface area contributed by atoms with Crippen molar-refractivity contribution >= 4 is 23.4 Å². The van der Waals surface area contributed by atoms with Gasteiger partial charge in [-0.25, -0.2) is 17.6 Å². The van der Waals surface area contributed by atoms with Crippen LogP contribution >= 0.6 is 0 Å². The van der Waals surface area contributed by atoms with Gasteiger partial charge in [-0.1, -0.05) is 0 Å². The largest absolute Gasteiger partial charge is 0.371 e. The van der Waals surface area contributed by atoms with Crippen molar-refractivity contribution in [2.24, 2.45) is 11.8 Å². The van der Waals surface area contributed by atoms with E-state index in [-0.39, 0.29) is 30.9 Å². The molecule has 200 valence electrons. The van der Waals surface area contributed by atoms with Gasteiger partial charge < -0.3 is 20.9 Å². The molecule has 5 rings (SSSR count). The number of carbonyl (C=O) groups is 3. The van der Waals surface area contributed by atoms with Crippen molar-refractivity contribution in [2.45, 2.75) is 75.5 Å². The summed E-state index contributed by atoms with van der Waals surface area (Å²) in [4.78, 5) is 40.0. The highest BCUT2D eigenvalue weighted by atomic mass is 19.3. The number of hydrogen-bond donors (Lipinski definition) is 3. The molecule has 3 aliphatic heterocycles. The lowest BCUT2D eigenvalue weighted by molar-refractivity contribution is -0.194. The molecule has 3 saturated heterocycles. The Morgan fingerprint density at radius 2 is 2.03 bits per heavy atom. The molecule has 6 atom stereocenters. The minimum Gasteiger partial charge on any atom is -0.371 e. The zero-order valence-electron chi connectivity index (χ0n) is 20.3. The van der Waals surface area contributed by atoms with Gasteiger partial charge in [0.1, 0.15) is 29.8 Å². The zero-order valence-corrected chi connectivity index (χ0v) is 20.3. The first-order valence-electron chi connectivity index (χ1n) is 12.4. The summed E-state index contributed by atoms with van der Waals surface area (Å²) in [5.74, 6) is -8.52. The summed E-state index contributed by atoms with van der Waals surface area (Å²) in [5, 5.41) is 17.4. The van der Waals surface area contributed by atoms with Crippen LogP contribution in [-0.2, 0) is 14.4 Å². The number of carbonyl (C=O) groups excluding carboxylic acids is 3. The van der Waals surface area contributed by atoms with Gasteiger partial charge in [-0.15, -0.1) is 0 Å². The maximum Gasteiger partial charge on any atom is 0.255 e. The van der Waals surface area contributed by atoms with Crippen LogP contribution in [0.4, 0.5) is 23.2 Å². The lowest BCUT2D eigenvalue weighted by Gasteiger charge is -2.54. The third kappa shape index (κ3) is 5.50. The molecular weight excluding hydrogens is 494 g/mol. The third-order valence-corrected chi connectivity index (χ3v) is 7.52. The summed E-state index contributed by atoms with van der Waals surface area (Å²) >= 11 is 0. The second-order valence-electron chi connectivity index (χ2n) is 10.0. The van der Waals surface area contributed by atoms with Gasteiger partial charge in [0.25, 0.3) is 5.92 Å². The van der Waals surface area contributed by atoms with Crippen LogP contribution < -0.4 is 16.0 Å². The molecule has 0 aromatic heterocycles. The quantitative estimate of drug-likeness (QED) is 0.476. The van der Waals surface area contributed by atoms with Gasteiger partial charge in [0, 0.05) is 24.9 Å². The average molecular weight is 524 g/mol. The SMILES string of the molecule is C[C@H](Nc1cc(F)ccc1F)C(=O)N1[C@H]2CC[C@@H]([C@@H]1C(=O)N[C@@H](C#N)C[C@@H]1CCCNC1=O)C(F)(F)C2. The predicted molar refractivity (Wildman–Crippen MR) is 124 cm³/mol. The first-order valence-corrected chi connectivity index (χ1v) is 12.4. The minimum absolute atomic E-state index is 0.0160. The van der Waals surface area contributed by atoms with Gasteiger partial charge in [0.05, 0.1) is 17.7 Å². The zero-order chi connectivity index (χ0) is 26.9. The van der Waals surface area contributed by atoms with E-state index in [2.05, 4.69) is 16.0 Å². The molecule has 0 unspecified atom stereocenters. The van der Waals surface area contributed by atoms with E-state index in [9.17, 15) is 37.2 Å². The van der Waals surface area contributed by atoms with Crippen LogP contribution in [0.25, 0.3) is 0 Å². The molecule has 1 aromatic rings. The molecule has 0 radical (unpaired) electrons. The van der Waals surface area contributed by atoms with Crippen LogP contribution in [-0.4, -0.2) is 59.3 Å². The predicted octanol–water partition coefficient (Wildman–Crippen LogP) is 2.70. The molecule has 1 aliphatic carbocycles. The number of nitrogens with zero attached hydrogens (tertiary/aromatic N) is 2. The minimum atomic E-state index is -3.20. The number of benzene rings is 1. The monoisotopic (exact) mass is 523 g/mol. The van der Waals surface area contributed by atoms with Gasteiger partial charge in [-0.2, -0.15) is 5.26 Å². The van der Waals surface area contributed by atoms with Crippen LogP contribution in [0.5, 0.6) is 0 Å². The standard InChI is InChI=1S/C25H29F4N5O3/c1-13(32-20-10-15(26)4-7-19(20)27)24(37)34-17-5-6-18(25(28,29)11-17)21(34)23(36)33-16(12-30)9-14-3-2-8-31-22(14)35/h4,7,10,13-14,16-18,21,32H,2-3,5-6,8-9,11H2,1H3,(H,31,35)(H,33,36)/t13-,14-,16+,17-,18-,21+/m0/s1. The van der Waals surface area contributed by atoms with Gasteiger partial charge >= 0.3 is 0 Å². The van der Waals surface area contributed by atoms with Crippen molar-refractivity contribution < 1.29 is 31.9 Å². The smallest absolute Gasteiger partial charge is 0.255 e. The Hall–Kier alpha value is -3.36. The van der Waals surface area contributed by atoms with Crippen molar-refractivity contribution in [2.75, 3.05) is 11.9 Å². The van der Waals surface area contributed by atoms with Crippen molar-refractivity contribution in [3.63, 3.8) is 0 Å². The molecule has 37 heavy (non-hydrogen) atoms. The van der Waals surface area contributed by atoms with E-state index in [0.29, 0.717) is 13.0 Å². The normalized spacial score (nSPS) is 28.0. The summed E-state index contributed by atoms with van der Waals surface area (Å²) in [6, 6.07) is -0.139. The molecule has 2 bridgehead atoms. The molecule has 3 amide bonds. The number of nitrogens with one attached hydrogen (secondary N) is 3. The molecule has 0 spiro atoms. The summed E-state index contributed by atoms with van der Waals surface area (Å²) < 4.78 is 57.5. The molecule has 3 N–H and O–H groups in total. The van der Waals surface area contributed by atoms with E-state index in [4.69, 9.17) is 0 Å². The van der Waals surface area contributed by atoms with Gasteiger partial charge in [-0.05, 0) is 57.2 Å². The van der Waals surface area contributed by atoms with Crippen LogP contribution in [0.1, 0.15) is 45.4 Å². The Balaban J connectivity index is 1.54. The van der Waals surface area contributed by atoms with Crippen molar-refractivity contribution in [3.8, 4) is 6.07 Å². The van der Waals surface area contributed by atoms with Crippen LogP contribution in [0.3, 0.4) is 0 Å². The van der Waals surface area contributed by atoms with E-state index in [1.807, 2.05) is 6.07 Å². The second kappa shape index (κ2) is 10.6. The number of nitriles is 1. The number of piperidine rings is 3. The van der Waals surface area contributed by atoms with Crippen molar-refractivity contribution in [3.05, 3.63) is 29.8 Å². The van der Waals surface area contributed by atoms with Gasteiger partial charge in [-0.3, -0.25) is 14.4 Å². The van der Waals surface area contributed by atoms with E-state index < -0.39 is 71.8 Å². The maximum atomic E-state index is 14.9. The summed E-state index contributed by atoms with van der Waals surface area (Å²) in [5.41, 5.74) is -0.273. The molecule has 1 saturated carbocycles. The highest BCUT2D eigenvalue weighted by Crippen LogP contribution is 2.49. The summed E-state index contributed by atoms with van der Waals surface area (Å²) in [6.45, 7) is 1.91. The number of hydrogen-bond acceptors (Lipinski definition) is 5. The van der Waals surface area contributed by atoms with E-state index in [1.165, 1.54) is 6.92 Å². The number of fused-ring (bicyclic) bond motifs is 3. The van der Waals surface area contributed by atoms with Crippen LogP contribution in [0.2, 0.25) is 0 Å². The molecule has 1 aromatic carbocycles. The van der Waals surface area contributed by atoms with E-state index in [1.54, 1.807) is 0 Å². The number of anilines is 1. The fourth-order valence-electron chi connectivity index (χ4n) is 5.70. The van der Waals surface area contributed by atoms with Gasteiger partial charge in [0.2, 0.25) is 17.7 Å². The number of alkyl halides is 2. The fourth-order valence-corrected chi connectivity index (χ4v) is 5.70. The van der Waals surface area contributed by atoms with Crippen LogP contribution in [0.15, 0.2) is 18.2 Å². The summed E-state index contributed by atoms with van der Waals surface area (Å²) in [7, 11) is 0. The Bertz CT molecular complexity index is 1110. The van der Waals surface area contributed by atoms with Gasteiger partial charge in [0.15, 0.2) is 0 Å². The molecule has 4 aliphatic rings. The molecule has 12 heteroatoms. The van der Waals surface area contributed by atoms with Crippen LogP contribution in [0, 0.1) is 34.8 Å². The third-order valence-electron chi connectivity index (χ3n) is 7.52. The first kappa shape index (κ1) is 26.7. The Kier molecular flexibility index (Phi) is 7.62. The summed E-state index contributed by atoms with van der Waals surface area (Å²) in [6.07, 6.45) is 0.952. The Morgan fingerprint density at radius 1 is 1.27 bits per heavy atom. The molecular formula is C25H29F4N5O3. The lowest BCUT2D eigenvalue weighted by atomic mass is 9.71. The highest BCUT2D eigenvalue weighted by molar-refractivity contribution is 5.92. The number of halogens is 4. The number of rotatable bonds is 7. The highest BCUT2D eigenvalue weighted by Gasteiger charge is 2.60. The Labute approximate surface area is 211 Å².